The molecule has 0 radical (unpaired) electrons. The smallest absolute Gasteiger partial charge is 0.291 e. The molecule has 0 aliphatic rings. The Kier molecular flexibility index (Phi) is 7.42. The number of furan rings is 1. The number of ether oxygens (including phenoxy) is 1. The first-order valence-electron chi connectivity index (χ1n) is 11.8. The van der Waals surface area contributed by atoms with Crippen LogP contribution in [0.25, 0.3) is 11.0 Å². The monoisotopic (exact) mass is 521 g/mol. The fourth-order valence-electron chi connectivity index (χ4n) is 3.77. The minimum absolute atomic E-state index is 0.117. The van der Waals surface area contributed by atoms with Gasteiger partial charge in [-0.25, -0.2) is 0 Å². The van der Waals surface area contributed by atoms with E-state index >= 15 is 0 Å². The van der Waals surface area contributed by atoms with Gasteiger partial charge in [0.2, 0.25) is 0 Å². The van der Waals surface area contributed by atoms with Crippen molar-refractivity contribution in [1.82, 2.24) is 5.32 Å². The number of thiocarbonyl (C=S) groups is 1. The van der Waals surface area contributed by atoms with Crippen LogP contribution in [0.2, 0.25) is 0 Å². The van der Waals surface area contributed by atoms with E-state index in [4.69, 9.17) is 21.4 Å². The summed E-state index contributed by atoms with van der Waals surface area (Å²) in [6.45, 7) is 0.398. The highest BCUT2D eigenvalue weighted by Crippen LogP contribution is 2.21. The average molecular weight is 522 g/mol. The molecule has 0 saturated heterocycles. The highest BCUT2D eigenvalue weighted by atomic mass is 32.1. The van der Waals surface area contributed by atoms with E-state index in [9.17, 15) is 9.59 Å². The Labute approximate surface area is 224 Å². The number of rotatable bonds is 7. The summed E-state index contributed by atoms with van der Waals surface area (Å²) in [7, 11) is 0. The minimum atomic E-state index is -0.373. The molecule has 4 aromatic carbocycles. The van der Waals surface area contributed by atoms with Crippen LogP contribution in [0.1, 0.15) is 26.5 Å². The summed E-state index contributed by atoms with van der Waals surface area (Å²) in [6, 6.07) is 32.8. The molecule has 0 bridgehead atoms. The number of para-hydroxylation sites is 1. The van der Waals surface area contributed by atoms with Gasteiger partial charge in [-0.05, 0) is 66.3 Å². The van der Waals surface area contributed by atoms with E-state index in [1.54, 1.807) is 60.7 Å². The second-order valence-electron chi connectivity index (χ2n) is 8.39. The third-order valence-electron chi connectivity index (χ3n) is 5.60. The number of anilines is 2. The number of hydrogen-bond acceptors (Lipinski definition) is 5. The van der Waals surface area contributed by atoms with E-state index < -0.39 is 0 Å². The number of amides is 2. The zero-order valence-electron chi connectivity index (χ0n) is 20.1. The van der Waals surface area contributed by atoms with Crippen molar-refractivity contribution in [3.05, 3.63) is 126 Å². The van der Waals surface area contributed by atoms with Crippen LogP contribution in [0, 0.1) is 0 Å². The number of fused-ring (bicyclic) bond motifs is 1. The van der Waals surface area contributed by atoms with Gasteiger partial charge in [0, 0.05) is 22.3 Å². The van der Waals surface area contributed by atoms with Crippen molar-refractivity contribution in [2.75, 3.05) is 10.6 Å². The van der Waals surface area contributed by atoms with Gasteiger partial charge >= 0.3 is 0 Å². The molecule has 1 aromatic heterocycles. The molecule has 0 aliphatic heterocycles. The summed E-state index contributed by atoms with van der Waals surface area (Å²) < 4.78 is 11.4. The number of carbonyl (C=O) groups is 2. The molecule has 38 heavy (non-hydrogen) atoms. The molecule has 0 atom stereocenters. The van der Waals surface area contributed by atoms with Crippen molar-refractivity contribution in [3.8, 4) is 5.75 Å². The molecule has 5 rings (SSSR count). The lowest BCUT2D eigenvalue weighted by Crippen LogP contribution is -2.34. The maximum atomic E-state index is 12.8. The third-order valence-corrected chi connectivity index (χ3v) is 5.80. The first kappa shape index (κ1) is 24.7. The van der Waals surface area contributed by atoms with Crippen LogP contribution >= 0.6 is 12.2 Å². The maximum absolute atomic E-state index is 12.8. The van der Waals surface area contributed by atoms with Gasteiger partial charge in [0.05, 0.1) is 0 Å². The predicted molar refractivity (Wildman–Crippen MR) is 152 cm³/mol. The zero-order valence-corrected chi connectivity index (χ0v) is 21.0. The quantitative estimate of drug-likeness (QED) is 0.215. The second kappa shape index (κ2) is 11.4. The van der Waals surface area contributed by atoms with E-state index in [2.05, 4.69) is 16.0 Å². The minimum Gasteiger partial charge on any atom is -0.489 e. The summed E-state index contributed by atoms with van der Waals surface area (Å²) in [5, 5.41) is 9.42. The molecule has 0 spiro atoms. The second-order valence-corrected chi connectivity index (χ2v) is 8.80. The summed E-state index contributed by atoms with van der Waals surface area (Å²) >= 11 is 5.33. The van der Waals surface area contributed by atoms with Gasteiger partial charge in [0.15, 0.2) is 10.9 Å². The van der Waals surface area contributed by atoms with Gasteiger partial charge < -0.3 is 19.8 Å². The SMILES string of the molecule is O=C(NC(=S)Nc1cccc(NC(=O)c2cc3ccccc3o2)c1)c1cccc(OCc2ccccc2)c1. The van der Waals surface area contributed by atoms with Gasteiger partial charge in [0.1, 0.15) is 17.9 Å². The zero-order chi connectivity index (χ0) is 26.3. The number of hydrogen-bond donors (Lipinski definition) is 3. The first-order valence-corrected chi connectivity index (χ1v) is 12.2. The van der Waals surface area contributed by atoms with Crippen molar-refractivity contribution in [3.63, 3.8) is 0 Å². The molecule has 0 fully saturated rings. The van der Waals surface area contributed by atoms with E-state index in [1.165, 1.54) is 0 Å². The fraction of sp³-hybridized carbons (Fsp3) is 0.0333. The molecule has 3 N–H and O–H groups in total. The van der Waals surface area contributed by atoms with Crippen LogP contribution in [0.4, 0.5) is 11.4 Å². The third kappa shape index (κ3) is 6.24. The molecular formula is C30H23N3O4S. The largest absolute Gasteiger partial charge is 0.489 e. The van der Waals surface area contributed by atoms with E-state index in [0.29, 0.717) is 34.9 Å². The van der Waals surface area contributed by atoms with Crippen LogP contribution < -0.4 is 20.7 Å². The molecular weight excluding hydrogens is 498 g/mol. The summed E-state index contributed by atoms with van der Waals surface area (Å²) in [5.41, 5.74) is 3.22. The lowest BCUT2D eigenvalue weighted by atomic mass is 10.2. The highest BCUT2D eigenvalue weighted by molar-refractivity contribution is 7.80. The molecule has 7 nitrogen and oxygen atoms in total. The fourth-order valence-corrected chi connectivity index (χ4v) is 3.98. The van der Waals surface area contributed by atoms with Gasteiger partial charge in [-0.15, -0.1) is 0 Å². The van der Waals surface area contributed by atoms with Crippen molar-refractivity contribution in [2.24, 2.45) is 0 Å². The van der Waals surface area contributed by atoms with Crippen molar-refractivity contribution in [2.45, 2.75) is 6.61 Å². The van der Waals surface area contributed by atoms with E-state index in [-0.39, 0.29) is 22.7 Å². The Hall–Kier alpha value is -4.95. The Morgan fingerprint density at radius 1 is 0.737 bits per heavy atom. The van der Waals surface area contributed by atoms with Crippen molar-refractivity contribution >= 4 is 51.5 Å². The summed E-state index contributed by atoms with van der Waals surface area (Å²) in [6.07, 6.45) is 0. The van der Waals surface area contributed by atoms with Crippen molar-refractivity contribution < 1.29 is 18.7 Å². The molecule has 188 valence electrons. The van der Waals surface area contributed by atoms with Crippen LogP contribution in [0.5, 0.6) is 5.75 Å². The van der Waals surface area contributed by atoms with Gasteiger partial charge in [-0.1, -0.05) is 60.7 Å². The van der Waals surface area contributed by atoms with Gasteiger partial charge in [-0.2, -0.15) is 0 Å². The summed E-state index contributed by atoms with van der Waals surface area (Å²) in [5.74, 6) is 0.0428. The van der Waals surface area contributed by atoms with Crippen LogP contribution in [-0.4, -0.2) is 16.9 Å². The van der Waals surface area contributed by atoms with Crippen LogP contribution in [0.3, 0.4) is 0 Å². The Balaban J connectivity index is 1.17. The first-order chi connectivity index (χ1) is 18.5. The van der Waals surface area contributed by atoms with Crippen molar-refractivity contribution in [1.29, 1.82) is 0 Å². The molecule has 1 heterocycles. The molecule has 0 unspecified atom stereocenters. The average Bonchev–Trinajstić information content (AvgIpc) is 3.38. The Morgan fingerprint density at radius 3 is 2.29 bits per heavy atom. The van der Waals surface area contributed by atoms with E-state index in [0.717, 1.165) is 10.9 Å². The predicted octanol–water partition coefficient (Wildman–Crippen LogP) is 6.39. The van der Waals surface area contributed by atoms with Crippen LogP contribution in [0.15, 0.2) is 114 Å². The lowest BCUT2D eigenvalue weighted by Gasteiger charge is -2.12. The number of nitrogens with one attached hydrogen (secondary N) is 3. The number of benzene rings is 4. The molecule has 0 saturated carbocycles. The highest BCUT2D eigenvalue weighted by Gasteiger charge is 2.13. The van der Waals surface area contributed by atoms with E-state index in [1.807, 2.05) is 48.5 Å². The van der Waals surface area contributed by atoms with Crippen LogP contribution in [-0.2, 0) is 6.61 Å². The van der Waals surface area contributed by atoms with Gasteiger partial charge in [-0.3, -0.25) is 14.9 Å². The topological polar surface area (TPSA) is 92.6 Å². The normalized spacial score (nSPS) is 10.5. The summed E-state index contributed by atoms with van der Waals surface area (Å²) in [4.78, 5) is 25.4. The van der Waals surface area contributed by atoms with Gasteiger partial charge in [0.25, 0.3) is 11.8 Å². The standard InChI is InChI=1S/C30H23N3O4S/c34-28(22-11-6-14-25(16-22)36-19-20-8-2-1-3-9-20)33-30(38)32-24-13-7-12-23(18-24)31-29(35)27-17-21-10-4-5-15-26(21)37-27/h1-18H,19H2,(H,31,35)(H2,32,33,34,38). The molecule has 0 aliphatic carbocycles. The molecule has 2 amide bonds. The molecule has 8 heteroatoms. The maximum Gasteiger partial charge on any atom is 0.291 e. The lowest BCUT2D eigenvalue weighted by molar-refractivity contribution is 0.0974. The molecule has 5 aromatic rings. The number of carbonyl (C=O) groups excluding carboxylic acids is 2. The Morgan fingerprint density at radius 2 is 1.47 bits per heavy atom. The Bertz CT molecular complexity index is 1580.